The molecule has 1 rings (SSSR count). The molecule has 1 amide bonds. The van der Waals surface area contributed by atoms with Gasteiger partial charge in [0.25, 0.3) is 0 Å². The Morgan fingerprint density at radius 1 is 1.45 bits per heavy atom. The summed E-state index contributed by atoms with van der Waals surface area (Å²) in [7, 11) is 0. The molecule has 0 aliphatic heterocycles. The van der Waals surface area contributed by atoms with Gasteiger partial charge in [0, 0.05) is 12.5 Å². The molecule has 0 aliphatic rings. The second-order valence-electron chi connectivity index (χ2n) is 4.38. The van der Waals surface area contributed by atoms with Crippen LogP contribution in [0.1, 0.15) is 26.2 Å². The lowest BCUT2D eigenvalue weighted by atomic mass is 10.1. The summed E-state index contributed by atoms with van der Waals surface area (Å²) in [5.74, 6) is 0.736. The van der Waals surface area contributed by atoms with Gasteiger partial charge < -0.3 is 21.0 Å². The van der Waals surface area contributed by atoms with Crippen LogP contribution in [0.2, 0.25) is 0 Å². The molecule has 0 saturated heterocycles. The van der Waals surface area contributed by atoms with E-state index in [0.717, 1.165) is 5.75 Å². The van der Waals surface area contributed by atoms with E-state index in [-0.39, 0.29) is 24.2 Å². The average Bonchev–Trinajstić information content (AvgIpc) is 2.47. The van der Waals surface area contributed by atoms with Gasteiger partial charge in [-0.3, -0.25) is 4.79 Å². The molecule has 20 heavy (non-hydrogen) atoms. The molecule has 1 unspecified atom stereocenters. The van der Waals surface area contributed by atoms with E-state index in [1.54, 1.807) is 0 Å². The lowest BCUT2D eigenvalue weighted by Gasteiger charge is -2.16. The number of hydrogen-bond acceptors (Lipinski definition) is 4. The van der Waals surface area contributed by atoms with E-state index >= 15 is 0 Å². The van der Waals surface area contributed by atoms with E-state index < -0.39 is 0 Å². The molecule has 0 aliphatic carbocycles. The van der Waals surface area contributed by atoms with Gasteiger partial charge in [-0.2, -0.15) is 0 Å². The Hall–Kier alpha value is -2.24. The van der Waals surface area contributed by atoms with Crippen molar-refractivity contribution in [2.24, 2.45) is 10.9 Å². The highest BCUT2D eigenvalue weighted by molar-refractivity contribution is 5.82. The van der Waals surface area contributed by atoms with E-state index in [2.05, 4.69) is 10.5 Å². The minimum Gasteiger partial charge on any atom is -0.493 e. The van der Waals surface area contributed by atoms with Crippen molar-refractivity contribution in [2.75, 3.05) is 6.61 Å². The van der Waals surface area contributed by atoms with Gasteiger partial charge in [0.1, 0.15) is 11.6 Å². The molecule has 110 valence electrons. The number of amides is 1. The van der Waals surface area contributed by atoms with Gasteiger partial charge in [-0.15, -0.1) is 0 Å². The van der Waals surface area contributed by atoms with Crippen LogP contribution in [0.15, 0.2) is 35.5 Å². The van der Waals surface area contributed by atoms with Gasteiger partial charge in [0.05, 0.1) is 13.0 Å². The molecule has 0 aromatic heterocycles. The Morgan fingerprint density at radius 2 is 2.15 bits per heavy atom. The van der Waals surface area contributed by atoms with Gasteiger partial charge in [-0.25, -0.2) is 0 Å². The van der Waals surface area contributed by atoms with Crippen molar-refractivity contribution in [1.82, 2.24) is 5.32 Å². The van der Waals surface area contributed by atoms with Gasteiger partial charge in [0.15, 0.2) is 0 Å². The third-order valence-electron chi connectivity index (χ3n) is 2.78. The predicted octanol–water partition coefficient (Wildman–Crippen LogP) is 1.49. The molecular formula is C14H21N3O3. The Morgan fingerprint density at radius 3 is 2.75 bits per heavy atom. The van der Waals surface area contributed by atoms with Crippen LogP contribution in [0.3, 0.4) is 0 Å². The van der Waals surface area contributed by atoms with E-state index in [1.165, 1.54) is 0 Å². The minimum absolute atomic E-state index is 0.109. The molecule has 4 N–H and O–H groups in total. The number of para-hydroxylation sites is 1. The molecule has 6 nitrogen and oxygen atoms in total. The number of benzene rings is 1. The third-order valence-corrected chi connectivity index (χ3v) is 2.78. The van der Waals surface area contributed by atoms with E-state index in [1.807, 2.05) is 37.3 Å². The SMILES string of the molecule is CCC(CC(N)=NO)NC(=O)CCOc1ccccc1. The summed E-state index contributed by atoms with van der Waals surface area (Å²) in [6.07, 6.45) is 1.31. The molecule has 1 atom stereocenters. The maximum absolute atomic E-state index is 11.7. The quantitative estimate of drug-likeness (QED) is 0.291. The Bertz CT molecular complexity index is 435. The van der Waals surface area contributed by atoms with Crippen LogP contribution < -0.4 is 15.8 Å². The first-order valence-corrected chi connectivity index (χ1v) is 6.59. The molecule has 0 bridgehead atoms. The first-order valence-electron chi connectivity index (χ1n) is 6.59. The van der Waals surface area contributed by atoms with Gasteiger partial charge in [-0.05, 0) is 18.6 Å². The zero-order chi connectivity index (χ0) is 14.8. The van der Waals surface area contributed by atoms with Crippen LogP contribution in [0.25, 0.3) is 0 Å². The second kappa shape index (κ2) is 8.79. The number of ether oxygens (including phenoxy) is 1. The van der Waals surface area contributed by atoms with Crippen molar-refractivity contribution in [3.05, 3.63) is 30.3 Å². The van der Waals surface area contributed by atoms with Crippen LogP contribution >= 0.6 is 0 Å². The van der Waals surface area contributed by atoms with E-state index in [4.69, 9.17) is 15.7 Å². The number of hydrogen-bond donors (Lipinski definition) is 3. The van der Waals surface area contributed by atoms with Crippen LogP contribution in [-0.4, -0.2) is 29.6 Å². The maximum Gasteiger partial charge on any atom is 0.223 e. The number of nitrogens with two attached hydrogens (primary N) is 1. The summed E-state index contributed by atoms with van der Waals surface area (Å²) >= 11 is 0. The van der Waals surface area contributed by atoms with Gasteiger partial charge in [0.2, 0.25) is 5.91 Å². The van der Waals surface area contributed by atoms with Crippen LogP contribution in [-0.2, 0) is 4.79 Å². The lowest BCUT2D eigenvalue weighted by Crippen LogP contribution is -2.38. The van der Waals surface area contributed by atoms with Gasteiger partial charge >= 0.3 is 0 Å². The summed E-state index contributed by atoms with van der Waals surface area (Å²) < 4.78 is 5.44. The fraction of sp³-hybridized carbons (Fsp3) is 0.429. The van der Waals surface area contributed by atoms with Crippen LogP contribution in [0.5, 0.6) is 5.75 Å². The standard InChI is InChI=1S/C14H21N3O3/c1-2-11(10-13(15)17-19)16-14(18)8-9-20-12-6-4-3-5-7-12/h3-7,11,19H,2,8-10H2,1H3,(H2,15,17)(H,16,18). The molecule has 6 heteroatoms. The maximum atomic E-state index is 11.7. The molecule has 0 saturated carbocycles. The van der Waals surface area contributed by atoms with Crippen molar-refractivity contribution in [2.45, 2.75) is 32.2 Å². The van der Waals surface area contributed by atoms with Crippen molar-refractivity contribution in [3.63, 3.8) is 0 Å². The molecule has 1 aromatic carbocycles. The third kappa shape index (κ3) is 6.08. The summed E-state index contributed by atoms with van der Waals surface area (Å²) in [5, 5.41) is 14.2. The highest BCUT2D eigenvalue weighted by Crippen LogP contribution is 2.08. The Kier molecular flexibility index (Phi) is 6.95. The zero-order valence-corrected chi connectivity index (χ0v) is 11.6. The average molecular weight is 279 g/mol. The monoisotopic (exact) mass is 279 g/mol. The molecule has 0 spiro atoms. The Labute approximate surface area is 118 Å². The highest BCUT2D eigenvalue weighted by atomic mass is 16.5. The number of carbonyl (C=O) groups is 1. The largest absolute Gasteiger partial charge is 0.493 e. The van der Waals surface area contributed by atoms with E-state index in [9.17, 15) is 4.79 Å². The smallest absolute Gasteiger partial charge is 0.223 e. The summed E-state index contributed by atoms with van der Waals surface area (Å²) in [6.45, 7) is 2.24. The number of oxime groups is 1. The van der Waals surface area contributed by atoms with Crippen molar-refractivity contribution >= 4 is 11.7 Å². The van der Waals surface area contributed by atoms with Gasteiger partial charge in [-0.1, -0.05) is 30.3 Å². The van der Waals surface area contributed by atoms with E-state index in [0.29, 0.717) is 19.4 Å². The molecule has 0 fully saturated rings. The molecule has 0 radical (unpaired) electrons. The van der Waals surface area contributed by atoms with Crippen molar-refractivity contribution in [3.8, 4) is 5.75 Å². The molecular weight excluding hydrogens is 258 g/mol. The summed E-state index contributed by atoms with van der Waals surface area (Å²) in [4.78, 5) is 11.7. The number of rotatable bonds is 8. The topological polar surface area (TPSA) is 96.9 Å². The number of amidine groups is 1. The van der Waals surface area contributed by atoms with Crippen molar-refractivity contribution < 1.29 is 14.7 Å². The first kappa shape index (κ1) is 15.8. The summed E-state index contributed by atoms with van der Waals surface area (Å²) in [6, 6.07) is 9.20. The lowest BCUT2D eigenvalue weighted by molar-refractivity contribution is -0.122. The highest BCUT2D eigenvalue weighted by Gasteiger charge is 2.12. The zero-order valence-electron chi connectivity index (χ0n) is 11.6. The number of carbonyl (C=O) groups excluding carboxylic acids is 1. The second-order valence-corrected chi connectivity index (χ2v) is 4.38. The Balaban J connectivity index is 2.28. The number of nitrogens with one attached hydrogen (secondary N) is 1. The molecule has 1 aromatic rings. The van der Waals surface area contributed by atoms with Crippen LogP contribution in [0, 0.1) is 0 Å². The summed E-state index contributed by atoms with van der Waals surface area (Å²) in [5.41, 5.74) is 5.43. The van der Waals surface area contributed by atoms with Crippen molar-refractivity contribution in [1.29, 1.82) is 0 Å². The van der Waals surface area contributed by atoms with Crippen LogP contribution in [0.4, 0.5) is 0 Å². The number of nitrogens with zero attached hydrogens (tertiary/aromatic N) is 1. The predicted molar refractivity (Wildman–Crippen MR) is 76.8 cm³/mol. The molecule has 0 heterocycles. The first-order chi connectivity index (χ1) is 9.65. The fourth-order valence-electron chi connectivity index (χ4n) is 1.67. The fourth-order valence-corrected chi connectivity index (χ4v) is 1.67. The normalized spacial score (nSPS) is 12.8. The minimum atomic E-state index is -0.130.